The van der Waals surface area contributed by atoms with E-state index in [-0.39, 0.29) is 17.7 Å². The fourth-order valence-corrected chi connectivity index (χ4v) is 3.77. The van der Waals surface area contributed by atoms with Crippen molar-refractivity contribution in [2.24, 2.45) is 0 Å². The van der Waals surface area contributed by atoms with Gasteiger partial charge in [-0.2, -0.15) is 0 Å². The minimum absolute atomic E-state index is 0.0195. The van der Waals surface area contributed by atoms with Crippen molar-refractivity contribution in [1.29, 1.82) is 0 Å². The third-order valence-electron chi connectivity index (χ3n) is 4.22. The van der Waals surface area contributed by atoms with Crippen LogP contribution >= 0.6 is 11.3 Å². The lowest BCUT2D eigenvalue weighted by Gasteiger charge is -2.31. The SMILES string of the molecule is O=C(c1cccs1)N1CCC(n2c(=O)oc3cccnc32)CC1. The highest BCUT2D eigenvalue weighted by Gasteiger charge is 2.27. The van der Waals surface area contributed by atoms with Crippen LogP contribution in [0.25, 0.3) is 11.2 Å². The maximum Gasteiger partial charge on any atom is 0.421 e. The molecule has 1 fully saturated rings. The molecule has 0 saturated carbocycles. The molecule has 3 aromatic heterocycles. The van der Waals surface area contributed by atoms with Gasteiger partial charge in [-0.25, -0.2) is 9.78 Å². The van der Waals surface area contributed by atoms with Crippen molar-refractivity contribution >= 4 is 28.5 Å². The number of likely N-dealkylation sites (tertiary alicyclic amines) is 1. The Kier molecular flexibility index (Phi) is 3.49. The minimum Gasteiger partial charge on any atom is -0.406 e. The Morgan fingerprint density at radius 3 is 2.83 bits per heavy atom. The largest absolute Gasteiger partial charge is 0.421 e. The molecule has 1 saturated heterocycles. The van der Waals surface area contributed by atoms with E-state index in [9.17, 15) is 9.59 Å². The van der Waals surface area contributed by atoms with Crippen molar-refractivity contribution in [2.45, 2.75) is 18.9 Å². The molecule has 0 radical (unpaired) electrons. The number of nitrogens with zero attached hydrogens (tertiary/aromatic N) is 3. The monoisotopic (exact) mass is 329 g/mol. The quantitative estimate of drug-likeness (QED) is 0.724. The number of pyridine rings is 1. The molecule has 0 spiro atoms. The average Bonchev–Trinajstić information content (AvgIpc) is 3.21. The fraction of sp³-hybridized carbons (Fsp3) is 0.312. The molecule has 1 aliphatic heterocycles. The van der Waals surface area contributed by atoms with E-state index in [0.717, 1.165) is 17.7 Å². The summed E-state index contributed by atoms with van der Waals surface area (Å²) in [5, 5.41) is 1.91. The van der Waals surface area contributed by atoms with Crippen molar-refractivity contribution in [3.8, 4) is 0 Å². The number of carbonyl (C=O) groups is 1. The summed E-state index contributed by atoms with van der Waals surface area (Å²) in [7, 11) is 0. The molecule has 0 atom stereocenters. The molecule has 1 amide bonds. The molecule has 118 valence electrons. The zero-order valence-corrected chi connectivity index (χ0v) is 13.2. The van der Waals surface area contributed by atoms with Crippen LogP contribution in [-0.4, -0.2) is 33.4 Å². The molecule has 7 heteroatoms. The highest BCUT2D eigenvalue weighted by atomic mass is 32.1. The topological polar surface area (TPSA) is 68.3 Å². The maximum atomic E-state index is 12.4. The maximum absolute atomic E-state index is 12.4. The fourth-order valence-electron chi connectivity index (χ4n) is 3.08. The third kappa shape index (κ3) is 2.46. The summed E-state index contributed by atoms with van der Waals surface area (Å²) in [5.74, 6) is -0.303. The summed E-state index contributed by atoms with van der Waals surface area (Å²) >= 11 is 1.46. The van der Waals surface area contributed by atoms with Gasteiger partial charge < -0.3 is 9.32 Å². The van der Waals surface area contributed by atoms with Crippen LogP contribution < -0.4 is 5.76 Å². The van der Waals surface area contributed by atoms with Crippen LogP contribution in [-0.2, 0) is 0 Å². The lowest BCUT2D eigenvalue weighted by molar-refractivity contribution is 0.0698. The van der Waals surface area contributed by atoms with Crippen LogP contribution in [0, 0.1) is 0 Å². The minimum atomic E-state index is -0.373. The van der Waals surface area contributed by atoms with Crippen molar-refractivity contribution in [1.82, 2.24) is 14.5 Å². The first kappa shape index (κ1) is 14.2. The molecular formula is C16H15N3O3S. The molecule has 0 N–H and O–H groups in total. The van der Waals surface area contributed by atoms with Crippen molar-refractivity contribution in [3.63, 3.8) is 0 Å². The predicted molar refractivity (Wildman–Crippen MR) is 86.8 cm³/mol. The second-order valence-corrected chi connectivity index (χ2v) is 6.51. The number of carbonyl (C=O) groups excluding carboxylic acids is 1. The van der Waals surface area contributed by atoms with Crippen LogP contribution in [0.15, 0.2) is 45.1 Å². The molecule has 0 bridgehead atoms. The predicted octanol–water partition coefficient (Wildman–Crippen LogP) is 2.53. The van der Waals surface area contributed by atoms with Gasteiger partial charge in [0.1, 0.15) is 0 Å². The summed E-state index contributed by atoms with van der Waals surface area (Å²) < 4.78 is 6.88. The van der Waals surface area contributed by atoms with Gasteiger partial charge in [0.25, 0.3) is 5.91 Å². The van der Waals surface area contributed by atoms with E-state index in [2.05, 4.69) is 4.98 Å². The molecule has 4 rings (SSSR count). The number of piperidine rings is 1. The average molecular weight is 329 g/mol. The standard InChI is InChI=1S/C16H15N3O3S/c20-15(13-4-2-10-23-13)18-8-5-11(6-9-18)19-14-12(22-16(19)21)3-1-7-17-14/h1-4,7,10-11H,5-6,8-9H2. The highest BCUT2D eigenvalue weighted by molar-refractivity contribution is 7.12. The van der Waals surface area contributed by atoms with Crippen molar-refractivity contribution < 1.29 is 9.21 Å². The normalized spacial score (nSPS) is 16.1. The van der Waals surface area contributed by atoms with E-state index in [4.69, 9.17) is 4.42 Å². The van der Waals surface area contributed by atoms with E-state index in [0.29, 0.717) is 24.3 Å². The van der Waals surface area contributed by atoms with Crippen LogP contribution in [0.2, 0.25) is 0 Å². The first-order chi connectivity index (χ1) is 11.2. The van der Waals surface area contributed by atoms with Gasteiger partial charge in [-0.15, -0.1) is 11.3 Å². The molecule has 3 aromatic rings. The molecule has 23 heavy (non-hydrogen) atoms. The van der Waals surface area contributed by atoms with Crippen LogP contribution in [0.5, 0.6) is 0 Å². The van der Waals surface area contributed by atoms with Gasteiger partial charge >= 0.3 is 5.76 Å². The zero-order valence-electron chi connectivity index (χ0n) is 12.3. The number of oxazole rings is 1. The Labute approximate surface area is 136 Å². The Balaban J connectivity index is 1.54. The molecule has 6 nitrogen and oxygen atoms in total. The smallest absolute Gasteiger partial charge is 0.406 e. The third-order valence-corrected chi connectivity index (χ3v) is 5.08. The van der Waals surface area contributed by atoms with Crippen LogP contribution in [0.4, 0.5) is 0 Å². The lowest BCUT2D eigenvalue weighted by Crippen LogP contribution is -2.40. The van der Waals surface area contributed by atoms with E-state index < -0.39 is 0 Å². The first-order valence-corrected chi connectivity index (χ1v) is 8.41. The molecule has 0 aromatic carbocycles. The molecule has 4 heterocycles. The zero-order chi connectivity index (χ0) is 15.8. The number of amides is 1. The first-order valence-electron chi connectivity index (χ1n) is 7.53. The summed E-state index contributed by atoms with van der Waals surface area (Å²) in [6.45, 7) is 1.26. The Bertz CT molecular complexity index is 889. The van der Waals surface area contributed by atoms with Gasteiger partial charge in [0.15, 0.2) is 11.2 Å². The highest BCUT2D eigenvalue weighted by Crippen LogP contribution is 2.26. The Hall–Kier alpha value is -2.41. The Morgan fingerprint density at radius 1 is 1.26 bits per heavy atom. The summed E-state index contributed by atoms with van der Waals surface area (Å²) in [6, 6.07) is 7.24. The number of rotatable bonds is 2. The molecule has 0 unspecified atom stereocenters. The lowest BCUT2D eigenvalue weighted by atomic mass is 10.0. The number of hydrogen-bond donors (Lipinski definition) is 0. The number of thiophene rings is 1. The number of aromatic nitrogens is 2. The molecule has 0 aliphatic carbocycles. The van der Waals surface area contributed by atoms with E-state index in [1.54, 1.807) is 22.9 Å². The van der Waals surface area contributed by atoms with Gasteiger partial charge in [0, 0.05) is 25.3 Å². The Morgan fingerprint density at radius 2 is 2.09 bits per heavy atom. The second kappa shape index (κ2) is 5.66. The summed E-state index contributed by atoms with van der Waals surface area (Å²) in [4.78, 5) is 31.4. The van der Waals surface area contributed by atoms with Gasteiger partial charge in [-0.3, -0.25) is 9.36 Å². The van der Waals surface area contributed by atoms with Gasteiger partial charge in [0.2, 0.25) is 0 Å². The van der Waals surface area contributed by atoms with Crippen molar-refractivity contribution in [2.75, 3.05) is 13.1 Å². The van der Waals surface area contributed by atoms with E-state index >= 15 is 0 Å². The van der Waals surface area contributed by atoms with Crippen LogP contribution in [0.1, 0.15) is 28.6 Å². The van der Waals surface area contributed by atoms with Crippen molar-refractivity contribution in [3.05, 3.63) is 51.3 Å². The van der Waals surface area contributed by atoms with Gasteiger partial charge in [-0.1, -0.05) is 6.07 Å². The van der Waals surface area contributed by atoms with Crippen LogP contribution in [0.3, 0.4) is 0 Å². The van der Waals surface area contributed by atoms with Gasteiger partial charge in [-0.05, 0) is 36.4 Å². The molecular weight excluding hydrogens is 314 g/mol. The summed E-state index contributed by atoms with van der Waals surface area (Å²) in [5.41, 5.74) is 1.09. The van der Waals surface area contributed by atoms with Gasteiger partial charge in [0.05, 0.1) is 4.88 Å². The number of hydrogen-bond acceptors (Lipinski definition) is 5. The van der Waals surface area contributed by atoms with E-state index in [1.807, 2.05) is 22.4 Å². The van der Waals surface area contributed by atoms with E-state index in [1.165, 1.54) is 11.3 Å². The number of fused-ring (bicyclic) bond motifs is 1. The molecule has 1 aliphatic rings. The summed E-state index contributed by atoms with van der Waals surface area (Å²) in [6.07, 6.45) is 3.10. The second-order valence-electron chi connectivity index (χ2n) is 5.56.